The number of ketones is 1. The zero-order chi connectivity index (χ0) is 20.7. The molecule has 30 heavy (non-hydrogen) atoms. The van der Waals surface area contributed by atoms with Gasteiger partial charge in [0.1, 0.15) is 0 Å². The molecule has 5 rings (SSSR count). The maximum atomic E-state index is 13.0. The number of fused-ring (bicyclic) bond motifs is 2. The molecule has 2 aromatic heterocycles. The highest BCUT2D eigenvalue weighted by atomic mass is 16.5. The monoisotopic (exact) mass is 397 g/mol. The number of nitrogens with zero attached hydrogens (tertiary/aromatic N) is 3. The van der Waals surface area contributed by atoms with Gasteiger partial charge in [-0.15, -0.1) is 0 Å². The number of methoxy groups -OCH3 is 1. The first-order chi connectivity index (χ1) is 14.6. The van der Waals surface area contributed by atoms with E-state index in [0.29, 0.717) is 18.6 Å². The van der Waals surface area contributed by atoms with Crippen molar-refractivity contribution >= 4 is 11.4 Å². The van der Waals surface area contributed by atoms with Gasteiger partial charge >= 0.3 is 0 Å². The van der Waals surface area contributed by atoms with Crippen LogP contribution in [-0.4, -0.2) is 27.5 Å². The Labute approximate surface area is 175 Å². The van der Waals surface area contributed by atoms with Gasteiger partial charge in [-0.2, -0.15) is 5.10 Å². The lowest BCUT2D eigenvalue weighted by Crippen LogP contribution is -2.21. The van der Waals surface area contributed by atoms with Crippen molar-refractivity contribution in [3.8, 4) is 11.1 Å². The molecule has 0 aliphatic heterocycles. The number of carbonyl (C=O) groups is 1. The van der Waals surface area contributed by atoms with Gasteiger partial charge in [0.05, 0.1) is 29.1 Å². The fraction of sp³-hybridized carbons (Fsp3) is 0.240. The number of benzene rings is 2. The maximum absolute atomic E-state index is 13.0. The quantitative estimate of drug-likeness (QED) is 0.498. The number of aryl methyl sites for hydroxylation is 1. The molecule has 4 aromatic rings. The molecule has 0 radical (unpaired) electrons. The maximum Gasteiger partial charge on any atom is 0.166 e. The van der Waals surface area contributed by atoms with E-state index in [1.54, 1.807) is 11.6 Å². The average Bonchev–Trinajstić information content (AvgIpc) is 3.10. The van der Waals surface area contributed by atoms with Crippen LogP contribution in [0.15, 0.2) is 60.8 Å². The van der Waals surface area contributed by atoms with Crippen molar-refractivity contribution in [2.75, 3.05) is 7.11 Å². The van der Waals surface area contributed by atoms with Crippen LogP contribution in [0.5, 0.6) is 0 Å². The smallest absolute Gasteiger partial charge is 0.166 e. The number of hydrogen-bond donors (Lipinski definition) is 0. The van der Waals surface area contributed by atoms with E-state index in [0.717, 1.165) is 34.6 Å². The van der Waals surface area contributed by atoms with Crippen LogP contribution in [0, 0.1) is 6.92 Å². The first-order valence-corrected chi connectivity index (χ1v) is 10.2. The summed E-state index contributed by atoms with van der Waals surface area (Å²) in [5, 5.41) is 4.69. The van der Waals surface area contributed by atoms with Gasteiger partial charge in [-0.3, -0.25) is 4.79 Å². The van der Waals surface area contributed by atoms with Crippen molar-refractivity contribution in [1.82, 2.24) is 14.6 Å². The molecule has 0 fully saturated rings. The number of hydrogen-bond acceptors (Lipinski definition) is 4. The van der Waals surface area contributed by atoms with Crippen LogP contribution in [0.3, 0.4) is 0 Å². The van der Waals surface area contributed by atoms with Crippen molar-refractivity contribution in [2.24, 2.45) is 0 Å². The molecule has 0 amide bonds. The van der Waals surface area contributed by atoms with Crippen molar-refractivity contribution in [3.05, 3.63) is 88.9 Å². The Morgan fingerprint density at radius 1 is 1.07 bits per heavy atom. The molecule has 1 aliphatic carbocycles. The van der Waals surface area contributed by atoms with Gasteiger partial charge in [0.25, 0.3) is 0 Å². The Hall–Kier alpha value is -3.31. The summed E-state index contributed by atoms with van der Waals surface area (Å²) >= 11 is 0. The largest absolute Gasteiger partial charge is 0.378 e. The number of Topliss-reactive ketones (excluding diaryl/α,β-unsaturated/α-hetero) is 1. The normalized spacial score (nSPS) is 16.1. The molecule has 1 aliphatic rings. The van der Waals surface area contributed by atoms with Crippen LogP contribution >= 0.6 is 0 Å². The lowest BCUT2D eigenvalue weighted by atomic mass is 9.82. The zero-order valence-electron chi connectivity index (χ0n) is 17.1. The summed E-state index contributed by atoms with van der Waals surface area (Å²) in [5.41, 5.74) is 7.54. The van der Waals surface area contributed by atoms with Gasteiger partial charge in [-0.25, -0.2) is 9.50 Å². The predicted molar refractivity (Wildman–Crippen MR) is 116 cm³/mol. The summed E-state index contributed by atoms with van der Waals surface area (Å²) in [6.45, 7) is 2.46. The number of aromatic nitrogens is 3. The second-order valence-electron chi connectivity index (χ2n) is 7.93. The van der Waals surface area contributed by atoms with Crippen LogP contribution in [0.4, 0.5) is 0 Å². The van der Waals surface area contributed by atoms with E-state index in [4.69, 9.17) is 9.72 Å². The lowest BCUT2D eigenvalue weighted by Gasteiger charge is -2.23. The molecule has 0 saturated heterocycles. The summed E-state index contributed by atoms with van der Waals surface area (Å²) < 4.78 is 7.12. The van der Waals surface area contributed by atoms with Crippen molar-refractivity contribution in [2.45, 2.75) is 32.3 Å². The highest BCUT2D eigenvalue weighted by Gasteiger charge is 2.29. The molecule has 0 saturated carbocycles. The minimum atomic E-state index is 0.126. The van der Waals surface area contributed by atoms with Gasteiger partial charge < -0.3 is 4.74 Å². The van der Waals surface area contributed by atoms with E-state index >= 15 is 0 Å². The lowest BCUT2D eigenvalue weighted by molar-refractivity contribution is 0.0962. The minimum absolute atomic E-state index is 0.126. The van der Waals surface area contributed by atoms with Gasteiger partial charge in [0.15, 0.2) is 11.4 Å². The van der Waals surface area contributed by atoms with Gasteiger partial charge in [-0.1, -0.05) is 60.2 Å². The minimum Gasteiger partial charge on any atom is -0.378 e. The fourth-order valence-electron chi connectivity index (χ4n) is 4.29. The molecule has 1 atom stereocenters. The summed E-state index contributed by atoms with van der Waals surface area (Å²) in [7, 11) is 1.66. The number of carbonyl (C=O) groups excluding carboxylic acids is 1. The molecule has 150 valence electrons. The average molecular weight is 397 g/mol. The standard InChI is InChI=1S/C25H23N3O2/c1-16-8-10-17(11-9-16)19-12-21-20(23(29)13-19)14-28-25(26-21)24(22(27-28)15-30-2)18-6-4-3-5-7-18/h3-11,14,19H,12-13,15H2,1-2H3. The third kappa shape index (κ3) is 3.21. The molecule has 0 bridgehead atoms. The first-order valence-electron chi connectivity index (χ1n) is 10.2. The molecule has 2 heterocycles. The van der Waals surface area contributed by atoms with Crippen LogP contribution in [-0.2, 0) is 17.8 Å². The molecule has 5 nitrogen and oxygen atoms in total. The van der Waals surface area contributed by atoms with Crippen LogP contribution in [0.1, 0.15) is 45.2 Å². The topological polar surface area (TPSA) is 56.5 Å². The van der Waals surface area contributed by atoms with E-state index in [1.807, 2.05) is 24.4 Å². The molecule has 0 N–H and O–H groups in total. The van der Waals surface area contributed by atoms with Gasteiger partial charge in [0.2, 0.25) is 0 Å². The van der Waals surface area contributed by atoms with E-state index in [9.17, 15) is 4.79 Å². The van der Waals surface area contributed by atoms with Gasteiger partial charge in [-0.05, 0) is 30.4 Å². The summed E-state index contributed by atoms with van der Waals surface area (Å²) in [4.78, 5) is 17.9. The van der Waals surface area contributed by atoms with E-state index in [1.165, 1.54) is 11.1 Å². The van der Waals surface area contributed by atoms with Crippen LogP contribution in [0.2, 0.25) is 0 Å². The van der Waals surface area contributed by atoms with E-state index in [2.05, 4.69) is 48.4 Å². The summed E-state index contributed by atoms with van der Waals surface area (Å²) in [5.74, 6) is 0.281. The molecular weight excluding hydrogens is 374 g/mol. The molecule has 5 heteroatoms. The zero-order valence-corrected chi connectivity index (χ0v) is 17.1. The van der Waals surface area contributed by atoms with Crippen molar-refractivity contribution in [1.29, 1.82) is 0 Å². The molecule has 0 spiro atoms. The Morgan fingerprint density at radius 2 is 1.83 bits per heavy atom. The molecular formula is C25H23N3O2. The first kappa shape index (κ1) is 18.7. The second-order valence-corrected chi connectivity index (χ2v) is 7.93. The third-order valence-corrected chi connectivity index (χ3v) is 5.83. The summed E-state index contributed by atoms with van der Waals surface area (Å²) in [6, 6.07) is 18.6. The fourth-order valence-corrected chi connectivity index (χ4v) is 4.29. The Kier molecular flexibility index (Phi) is 4.68. The third-order valence-electron chi connectivity index (χ3n) is 5.83. The highest BCUT2D eigenvalue weighted by molar-refractivity contribution is 5.99. The Morgan fingerprint density at radius 3 is 2.57 bits per heavy atom. The Balaban J connectivity index is 1.64. The van der Waals surface area contributed by atoms with Crippen LogP contribution < -0.4 is 0 Å². The molecule has 2 aromatic carbocycles. The molecule has 1 unspecified atom stereocenters. The number of rotatable bonds is 4. The Bertz CT molecular complexity index is 1230. The second kappa shape index (κ2) is 7.50. The SMILES string of the molecule is COCc1nn2cc3c(nc2c1-c1ccccc1)CC(c1ccc(C)cc1)CC3=O. The highest BCUT2D eigenvalue weighted by Crippen LogP contribution is 2.34. The van der Waals surface area contributed by atoms with Crippen LogP contribution in [0.25, 0.3) is 16.8 Å². The van der Waals surface area contributed by atoms with E-state index < -0.39 is 0 Å². The van der Waals surface area contributed by atoms with Crippen molar-refractivity contribution < 1.29 is 9.53 Å². The predicted octanol–water partition coefficient (Wildman–Crippen LogP) is 4.76. The van der Waals surface area contributed by atoms with Crippen molar-refractivity contribution in [3.63, 3.8) is 0 Å². The van der Waals surface area contributed by atoms with E-state index in [-0.39, 0.29) is 11.7 Å². The van der Waals surface area contributed by atoms with Gasteiger partial charge in [0, 0.05) is 19.7 Å². The number of ether oxygens (including phenoxy) is 1. The summed E-state index contributed by atoms with van der Waals surface area (Å²) in [6.07, 6.45) is 3.09.